The number of carbonyl (C=O) groups is 3. The molecule has 71 heavy (non-hydrogen) atoms. The molecule has 5 aliphatic heterocycles. The Kier molecular flexibility index (Phi) is 12.2. The number of anilines is 1. The highest BCUT2D eigenvalue weighted by Gasteiger charge is 2.83. The van der Waals surface area contributed by atoms with Crippen LogP contribution in [0.25, 0.3) is 10.9 Å². The van der Waals surface area contributed by atoms with Crippen molar-refractivity contribution in [3.63, 3.8) is 0 Å². The molecule has 6 aliphatic rings. The first-order chi connectivity index (χ1) is 33.8. The number of alkyl halides is 2. The average molecular weight is 986 g/mol. The molecule has 0 radical (unpaired) electrons. The summed E-state index contributed by atoms with van der Waals surface area (Å²) in [6.45, 7) is 29.3. The van der Waals surface area contributed by atoms with Gasteiger partial charge in [-0.25, -0.2) is 13.6 Å². The number of nitrogens with zero attached hydrogens (tertiary/aromatic N) is 3. The summed E-state index contributed by atoms with van der Waals surface area (Å²) in [5, 5.41) is 14.8. The number of halogens is 2. The number of fused-ring (bicyclic) bond motifs is 6. The van der Waals surface area contributed by atoms with Crippen LogP contribution in [-0.4, -0.2) is 119 Å². The molecule has 14 heteroatoms. The van der Waals surface area contributed by atoms with Gasteiger partial charge in [0.2, 0.25) is 11.5 Å². The van der Waals surface area contributed by atoms with Crippen LogP contribution in [0.3, 0.4) is 0 Å². The fourth-order valence-electron chi connectivity index (χ4n) is 16.2. The lowest BCUT2D eigenvalue weighted by molar-refractivity contribution is -0.231. The number of ether oxygens (including phenoxy) is 4. The number of aromatic nitrogens is 1. The number of nitrogens with one attached hydrogen (secondary N) is 1. The summed E-state index contributed by atoms with van der Waals surface area (Å²) in [6, 6.07) is -0.273. The second kappa shape index (κ2) is 17.3. The Morgan fingerprint density at radius 1 is 0.958 bits per heavy atom. The van der Waals surface area contributed by atoms with Gasteiger partial charge in [-0.3, -0.25) is 19.4 Å². The standard InChI is InChI=1S/C57H78F2N4O8/c1-17-54-22-21-29(6)63-34(11)33(10)56(48(54)63)45-32(9)46(42(69-19-3)25-41(45)61(18-2)49(56)57(67,52(66)68-16)50(54)71-37(14)64)55(51(65)70-20-4)26-38-24-39(53(15,58)59)27-62(35(38)12)36(13)44-43-31(8)30(7)28(5)23-40(43)60-47(44)55/h21-23,25,29,33-36,38-39,48-50,60,67H,17-20,24,26-27H2,1-16H3/t29?,33-,34?,35?,36?,38+,39-,48+,49-,50-,54-,55+,56?,57+/m1/s1/i23D. The molecule has 2 bridgehead atoms. The highest BCUT2D eigenvalue weighted by molar-refractivity contribution is 5.97. The highest BCUT2D eigenvalue weighted by Crippen LogP contribution is 2.72. The lowest BCUT2D eigenvalue weighted by Gasteiger charge is -2.65. The third-order valence-electron chi connectivity index (χ3n) is 19.5. The number of aliphatic hydroxyl groups is 1. The minimum atomic E-state index is -3.03. The van der Waals surface area contributed by atoms with E-state index < -0.39 is 81.7 Å². The van der Waals surface area contributed by atoms with E-state index in [9.17, 15) is 11.3 Å². The van der Waals surface area contributed by atoms with E-state index in [1.54, 1.807) is 6.92 Å². The van der Waals surface area contributed by atoms with Crippen LogP contribution in [-0.2, 0) is 39.4 Å². The summed E-state index contributed by atoms with van der Waals surface area (Å²) in [5.41, 5.74) is 0.865. The van der Waals surface area contributed by atoms with Crippen molar-refractivity contribution in [2.45, 2.75) is 188 Å². The number of benzene rings is 2. The second-order valence-electron chi connectivity index (χ2n) is 22.3. The molecule has 1 aromatic heterocycles. The summed E-state index contributed by atoms with van der Waals surface area (Å²) < 4.78 is 67.2. The lowest BCUT2D eigenvalue weighted by Crippen LogP contribution is -2.82. The van der Waals surface area contributed by atoms with Gasteiger partial charge in [-0.2, -0.15) is 0 Å². The number of hydrogen-bond acceptors (Lipinski definition) is 11. The summed E-state index contributed by atoms with van der Waals surface area (Å²) >= 11 is 0. The number of esters is 3. The fraction of sp³-hybridized carbons (Fsp3) is 0.667. The summed E-state index contributed by atoms with van der Waals surface area (Å²) in [4.78, 5) is 55.3. The summed E-state index contributed by atoms with van der Waals surface area (Å²) in [6.07, 6.45) is 3.38. The van der Waals surface area contributed by atoms with Crippen molar-refractivity contribution in [3.05, 3.63) is 68.9 Å². The third-order valence-corrected chi connectivity index (χ3v) is 19.5. The Hall–Kier alpha value is -4.53. The molecule has 0 amide bonds. The van der Waals surface area contributed by atoms with Crippen molar-refractivity contribution in [2.24, 2.45) is 23.2 Å². The van der Waals surface area contributed by atoms with E-state index in [2.05, 4.69) is 59.5 Å². The predicted octanol–water partition coefficient (Wildman–Crippen LogP) is 9.46. The molecule has 1 saturated carbocycles. The molecule has 15 atom stereocenters. The van der Waals surface area contributed by atoms with Gasteiger partial charge in [-0.05, 0) is 154 Å². The first-order valence-corrected chi connectivity index (χ1v) is 26.3. The van der Waals surface area contributed by atoms with Crippen molar-refractivity contribution in [1.29, 1.82) is 0 Å². The van der Waals surface area contributed by atoms with Crippen molar-refractivity contribution >= 4 is 34.5 Å². The monoisotopic (exact) mass is 986 g/mol. The first-order valence-electron chi connectivity index (χ1n) is 26.8. The predicted molar refractivity (Wildman–Crippen MR) is 270 cm³/mol. The van der Waals surface area contributed by atoms with Crippen LogP contribution in [0, 0.1) is 50.9 Å². The Labute approximate surface area is 420 Å². The lowest BCUT2D eigenvalue weighted by atomic mass is 9.45. The zero-order chi connectivity index (χ0) is 52.8. The zero-order valence-electron chi connectivity index (χ0n) is 45.9. The maximum atomic E-state index is 16.3. The van der Waals surface area contributed by atoms with Crippen molar-refractivity contribution < 1.29 is 48.6 Å². The van der Waals surface area contributed by atoms with Crippen LogP contribution in [0.5, 0.6) is 5.75 Å². The van der Waals surface area contributed by atoms with E-state index >= 15 is 18.4 Å². The van der Waals surface area contributed by atoms with E-state index in [4.69, 9.17) is 18.9 Å². The Bertz CT molecular complexity index is 2770. The number of carbonyl (C=O) groups excluding carboxylic acids is 3. The van der Waals surface area contributed by atoms with Crippen LogP contribution in [0.1, 0.15) is 147 Å². The van der Waals surface area contributed by atoms with Gasteiger partial charge in [0.25, 0.3) is 0 Å². The van der Waals surface area contributed by atoms with Gasteiger partial charge in [0.05, 0.1) is 27.7 Å². The molecular formula is C57H78F2N4O8. The van der Waals surface area contributed by atoms with Gasteiger partial charge in [0.1, 0.15) is 11.2 Å². The van der Waals surface area contributed by atoms with Crippen molar-refractivity contribution in [2.75, 3.05) is 38.3 Å². The van der Waals surface area contributed by atoms with Crippen LogP contribution in [0.4, 0.5) is 14.5 Å². The highest BCUT2D eigenvalue weighted by atomic mass is 19.3. The third kappa shape index (κ3) is 6.50. The molecule has 1 aliphatic carbocycles. The molecule has 388 valence electrons. The van der Waals surface area contributed by atoms with E-state index in [1.165, 1.54) is 14.0 Å². The minimum absolute atomic E-state index is 0.0245. The molecule has 2 saturated heterocycles. The topological polar surface area (TPSA) is 134 Å². The fourth-order valence-corrected chi connectivity index (χ4v) is 16.2. The quantitative estimate of drug-likeness (QED) is 0.114. The zero-order valence-corrected chi connectivity index (χ0v) is 44.9. The number of H-pyrrole nitrogens is 1. The molecule has 2 aromatic carbocycles. The number of hydrogen-bond donors (Lipinski definition) is 2. The SMILES string of the molecule is [2H]c1c(C)c(C)c(C)c2c3c([nH]c12)[C@@](C(=O)OCC)(c1c(OCC)cc2c(c1C)C14[C@H](C)C(C)N5C(C)C=C[C@](CC)([C@H]51)[C@@H](OC(C)=O)[C@](O)(C(=O)OC)[C@@H]4N2CC)C[C@@H]1C[C@@H](C(C)(F)F)CN(C3C)C1C. The number of methoxy groups -OCH3 is 1. The number of aromatic amines is 1. The van der Waals surface area contributed by atoms with E-state index in [0.29, 0.717) is 52.8 Å². The normalized spacial score (nSPS) is 37.3. The molecule has 6 unspecified atom stereocenters. The van der Waals surface area contributed by atoms with Gasteiger partial charge in [-0.15, -0.1) is 0 Å². The second-order valence-corrected chi connectivity index (χ2v) is 22.3. The Morgan fingerprint density at radius 2 is 1.65 bits per heavy atom. The maximum Gasteiger partial charge on any atom is 0.344 e. The molecule has 9 rings (SSSR count). The molecule has 6 heterocycles. The molecule has 3 fully saturated rings. The molecule has 12 nitrogen and oxygen atoms in total. The Morgan fingerprint density at radius 3 is 2.24 bits per heavy atom. The van der Waals surface area contributed by atoms with Crippen molar-refractivity contribution in [1.82, 2.24) is 14.8 Å². The summed E-state index contributed by atoms with van der Waals surface area (Å²) in [7, 11) is 1.25. The first kappa shape index (κ1) is 50.0. The van der Waals surface area contributed by atoms with Gasteiger partial charge >= 0.3 is 17.9 Å². The van der Waals surface area contributed by atoms with Crippen molar-refractivity contribution in [3.8, 4) is 5.75 Å². The van der Waals surface area contributed by atoms with E-state index in [0.717, 1.165) is 40.1 Å². The summed E-state index contributed by atoms with van der Waals surface area (Å²) in [5.74, 6) is -6.53. The largest absolute Gasteiger partial charge is 0.493 e. The molecular weight excluding hydrogens is 907 g/mol. The van der Waals surface area contributed by atoms with Crippen LogP contribution < -0.4 is 9.64 Å². The molecule has 2 N–H and O–H groups in total. The number of likely N-dealkylation sites (N-methyl/N-ethyl adjacent to an activating group) is 1. The van der Waals surface area contributed by atoms with E-state index in [-0.39, 0.29) is 56.6 Å². The average Bonchev–Trinajstić information content (AvgIpc) is 3.96. The maximum absolute atomic E-state index is 16.3. The van der Waals surface area contributed by atoms with Gasteiger partial charge < -0.3 is 33.9 Å². The number of rotatable bonds is 10. The van der Waals surface area contributed by atoms with Crippen LogP contribution >= 0.6 is 0 Å². The minimum Gasteiger partial charge on any atom is -0.493 e. The number of piperidine rings is 1. The van der Waals surface area contributed by atoms with Gasteiger partial charge in [-0.1, -0.05) is 26.0 Å². The van der Waals surface area contributed by atoms with Crippen LogP contribution in [0.2, 0.25) is 0 Å². The van der Waals surface area contributed by atoms with E-state index in [1.807, 2.05) is 61.5 Å². The molecule has 1 spiro atoms. The number of aryl methyl sites for hydroxylation is 1. The smallest absolute Gasteiger partial charge is 0.344 e. The Balaban J connectivity index is 1.51. The molecule has 3 aromatic rings. The van der Waals surface area contributed by atoms with Gasteiger partial charge in [0.15, 0.2) is 6.10 Å². The van der Waals surface area contributed by atoms with Crippen LogP contribution in [0.15, 0.2) is 24.3 Å². The van der Waals surface area contributed by atoms with Gasteiger partial charge in [0, 0.05) is 101 Å².